The third-order valence-electron chi connectivity index (χ3n) is 3.73. The molecule has 2 rings (SSSR count). The van der Waals surface area contributed by atoms with Crippen molar-refractivity contribution in [2.45, 2.75) is 19.3 Å². The number of hydrogen-bond donors (Lipinski definition) is 2. The number of nitrogens with zero attached hydrogens (tertiary/aromatic N) is 1. The summed E-state index contributed by atoms with van der Waals surface area (Å²) >= 11 is 11.7. The summed E-state index contributed by atoms with van der Waals surface area (Å²) in [6, 6.07) is 4.48. The Bertz CT molecular complexity index is 631. The molecule has 0 spiro atoms. The molecule has 0 atom stereocenters. The van der Waals surface area contributed by atoms with Crippen molar-refractivity contribution < 1.29 is 14.4 Å². The largest absolute Gasteiger partial charge is 0.345 e. The predicted molar refractivity (Wildman–Crippen MR) is 92.2 cm³/mol. The van der Waals surface area contributed by atoms with Crippen LogP contribution < -0.4 is 10.6 Å². The SMILES string of the molecule is O=C(CNC(=O)c1ccc(Cl)cc1Cl)NCC(=O)N1CCCCC1. The summed E-state index contributed by atoms with van der Waals surface area (Å²) < 4.78 is 0. The van der Waals surface area contributed by atoms with E-state index in [4.69, 9.17) is 23.2 Å². The molecule has 0 saturated carbocycles. The summed E-state index contributed by atoms with van der Waals surface area (Å²) in [5.74, 6) is -1.01. The van der Waals surface area contributed by atoms with E-state index in [0.29, 0.717) is 5.02 Å². The minimum atomic E-state index is -0.478. The first-order valence-electron chi connectivity index (χ1n) is 7.75. The average molecular weight is 372 g/mol. The summed E-state index contributed by atoms with van der Waals surface area (Å²) in [7, 11) is 0. The van der Waals surface area contributed by atoms with Crippen molar-refractivity contribution in [3.63, 3.8) is 0 Å². The van der Waals surface area contributed by atoms with Gasteiger partial charge in [0.15, 0.2) is 0 Å². The monoisotopic (exact) mass is 371 g/mol. The van der Waals surface area contributed by atoms with E-state index >= 15 is 0 Å². The van der Waals surface area contributed by atoms with Gasteiger partial charge in [0.05, 0.1) is 23.7 Å². The zero-order valence-corrected chi connectivity index (χ0v) is 14.6. The summed E-state index contributed by atoms with van der Waals surface area (Å²) in [5, 5.41) is 5.60. The Hall–Kier alpha value is -1.79. The van der Waals surface area contributed by atoms with Crippen LogP contribution in [-0.2, 0) is 9.59 Å². The van der Waals surface area contributed by atoms with Crippen molar-refractivity contribution in [2.75, 3.05) is 26.2 Å². The standard InChI is InChI=1S/C16H19Cl2N3O3/c17-11-4-5-12(13(18)8-11)16(24)20-9-14(22)19-10-15(23)21-6-2-1-3-7-21/h4-5,8H,1-3,6-7,9-10H2,(H,19,22)(H,20,24). The van der Waals surface area contributed by atoms with Gasteiger partial charge in [0.2, 0.25) is 11.8 Å². The fourth-order valence-corrected chi connectivity index (χ4v) is 2.92. The van der Waals surface area contributed by atoms with Crippen molar-refractivity contribution in [3.8, 4) is 0 Å². The first-order chi connectivity index (χ1) is 11.5. The Balaban J connectivity index is 1.74. The minimum Gasteiger partial charge on any atom is -0.345 e. The Morgan fingerprint density at radius 1 is 1.00 bits per heavy atom. The van der Waals surface area contributed by atoms with Crippen molar-refractivity contribution >= 4 is 40.9 Å². The van der Waals surface area contributed by atoms with E-state index in [9.17, 15) is 14.4 Å². The maximum Gasteiger partial charge on any atom is 0.253 e. The molecule has 3 amide bonds. The molecule has 24 heavy (non-hydrogen) atoms. The van der Waals surface area contributed by atoms with Gasteiger partial charge >= 0.3 is 0 Å². The van der Waals surface area contributed by atoms with E-state index in [2.05, 4.69) is 10.6 Å². The summed E-state index contributed by atoms with van der Waals surface area (Å²) in [6.07, 6.45) is 3.13. The molecule has 1 aromatic rings. The van der Waals surface area contributed by atoms with Crippen LogP contribution in [0, 0.1) is 0 Å². The molecule has 0 aromatic heterocycles. The van der Waals surface area contributed by atoms with Crippen LogP contribution >= 0.6 is 23.2 Å². The lowest BCUT2D eigenvalue weighted by atomic mass is 10.1. The molecule has 0 radical (unpaired) electrons. The molecule has 0 unspecified atom stereocenters. The molecule has 1 aromatic carbocycles. The molecule has 0 bridgehead atoms. The molecule has 2 N–H and O–H groups in total. The minimum absolute atomic E-state index is 0.0591. The number of hydrogen-bond acceptors (Lipinski definition) is 3. The molecular weight excluding hydrogens is 353 g/mol. The number of carbonyl (C=O) groups excluding carboxylic acids is 3. The normalized spacial score (nSPS) is 14.2. The van der Waals surface area contributed by atoms with Gasteiger partial charge in [-0.25, -0.2) is 0 Å². The van der Waals surface area contributed by atoms with Gasteiger partial charge < -0.3 is 15.5 Å². The number of rotatable bonds is 5. The van der Waals surface area contributed by atoms with Crippen molar-refractivity contribution in [2.24, 2.45) is 0 Å². The van der Waals surface area contributed by atoms with Gasteiger partial charge in [-0.1, -0.05) is 23.2 Å². The van der Waals surface area contributed by atoms with Crippen LogP contribution in [0.5, 0.6) is 0 Å². The maximum absolute atomic E-state index is 12.0. The highest BCUT2D eigenvalue weighted by molar-refractivity contribution is 6.36. The second-order valence-electron chi connectivity index (χ2n) is 5.53. The molecule has 6 nitrogen and oxygen atoms in total. The molecule has 1 saturated heterocycles. The Morgan fingerprint density at radius 2 is 1.71 bits per heavy atom. The summed E-state index contributed by atoms with van der Waals surface area (Å²) in [6.45, 7) is 1.18. The van der Waals surface area contributed by atoms with Gasteiger partial charge in [-0.05, 0) is 37.5 Å². The molecule has 8 heteroatoms. The fourth-order valence-electron chi connectivity index (χ4n) is 2.42. The van der Waals surface area contributed by atoms with E-state index in [1.165, 1.54) is 12.1 Å². The molecule has 1 fully saturated rings. The van der Waals surface area contributed by atoms with Crippen LogP contribution in [0.4, 0.5) is 0 Å². The molecule has 0 aliphatic carbocycles. The predicted octanol–water partition coefficient (Wildman–Crippen LogP) is 1.85. The zero-order chi connectivity index (χ0) is 17.5. The van der Waals surface area contributed by atoms with Gasteiger partial charge in [0.25, 0.3) is 5.91 Å². The van der Waals surface area contributed by atoms with Crippen LogP contribution in [-0.4, -0.2) is 48.8 Å². The zero-order valence-electron chi connectivity index (χ0n) is 13.1. The summed E-state index contributed by atoms with van der Waals surface area (Å²) in [4.78, 5) is 37.4. The Labute approximate surface area is 150 Å². The van der Waals surface area contributed by atoms with Crippen LogP contribution in [0.2, 0.25) is 10.0 Å². The molecule has 1 aliphatic rings. The third kappa shape index (κ3) is 5.39. The highest BCUT2D eigenvalue weighted by Crippen LogP contribution is 2.20. The lowest BCUT2D eigenvalue weighted by molar-refractivity contribution is -0.133. The average Bonchev–Trinajstić information content (AvgIpc) is 2.58. The van der Waals surface area contributed by atoms with E-state index in [1.807, 2.05) is 0 Å². The highest BCUT2D eigenvalue weighted by atomic mass is 35.5. The van der Waals surface area contributed by atoms with Gasteiger partial charge in [-0.3, -0.25) is 14.4 Å². The number of halogens is 2. The fraction of sp³-hybridized carbons (Fsp3) is 0.438. The topological polar surface area (TPSA) is 78.5 Å². The number of carbonyl (C=O) groups is 3. The smallest absolute Gasteiger partial charge is 0.253 e. The Morgan fingerprint density at radius 3 is 2.38 bits per heavy atom. The second kappa shape index (κ2) is 8.89. The van der Waals surface area contributed by atoms with E-state index in [1.54, 1.807) is 11.0 Å². The molecule has 130 valence electrons. The lowest BCUT2D eigenvalue weighted by Crippen LogP contribution is -2.45. The van der Waals surface area contributed by atoms with Crippen LogP contribution in [0.15, 0.2) is 18.2 Å². The van der Waals surface area contributed by atoms with E-state index < -0.39 is 11.8 Å². The number of piperidine rings is 1. The third-order valence-corrected chi connectivity index (χ3v) is 4.28. The number of benzene rings is 1. The van der Waals surface area contributed by atoms with E-state index in [-0.39, 0.29) is 29.6 Å². The van der Waals surface area contributed by atoms with Crippen LogP contribution in [0.1, 0.15) is 29.6 Å². The van der Waals surface area contributed by atoms with E-state index in [0.717, 1.165) is 32.4 Å². The van der Waals surface area contributed by atoms with Crippen molar-refractivity contribution in [3.05, 3.63) is 33.8 Å². The first-order valence-corrected chi connectivity index (χ1v) is 8.50. The number of likely N-dealkylation sites (tertiary alicyclic amines) is 1. The van der Waals surface area contributed by atoms with Crippen molar-refractivity contribution in [1.82, 2.24) is 15.5 Å². The Kier molecular flexibility index (Phi) is 6.87. The maximum atomic E-state index is 12.0. The van der Waals surface area contributed by atoms with Gasteiger partial charge in [0.1, 0.15) is 0 Å². The van der Waals surface area contributed by atoms with Gasteiger partial charge in [-0.2, -0.15) is 0 Å². The number of amides is 3. The van der Waals surface area contributed by atoms with Crippen LogP contribution in [0.25, 0.3) is 0 Å². The summed E-state index contributed by atoms with van der Waals surface area (Å²) in [5.41, 5.74) is 0.234. The highest BCUT2D eigenvalue weighted by Gasteiger charge is 2.17. The second-order valence-corrected chi connectivity index (χ2v) is 6.37. The van der Waals surface area contributed by atoms with Gasteiger partial charge in [0, 0.05) is 18.1 Å². The van der Waals surface area contributed by atoms with Crippen molar-refractivity contribution in [1.29, 1.82) is 0 Å². The lowest BCUT2D eigenvalue weighted by Gasteiger charge is -2.26. The number of nitrogens with one attached hydrogen (secondary N) is 2. The molecule has 1 aliphatic heterocycles. The van der Waals surface area contributed by atoms with Gasteiger partial charge in [-0.15, -0.1) is 0 Å². The molecule has 1 heterocycles. The first kappa shape index (κ1) is 18.5. The molecular formula is C16H19Cl2N3O3. The van der Waals surface area contributed by atoms with Crippen LogP contribution in [0.3, 0.4) is 0 Å². The quantitative estimate of drug-likeness (QED) is 0.828.